The first-order chi connectivity index (χ1) is 11.1. The molecular formula is C17H23N5O. The number of rotatable bonds is 5. The highest BCUT2D eigenvalue weighted by atomic mass is 16.2. The summed E-state index contributed by atoms with van der Waals surface area (Å²) in [5.74, 6) is 0.719. The fourth-order valence-electron chi connectivity index (χ4n) is 3.11. The SMILES string of the molecule is CCCC1=NN(C)C2C(=O)NC(Cc3ccc(NC)cc3)=NC12. The fourth-order valence-corrected chi connectivity index (χ4v) is 3.11. The van der Waals surface area contributed by atoms with E-state index >= 15 is 0 Å². The third kappa shape index (κ3) is 3.06. The predicted octanol–water partition coefficient (Wildman–Crippen LogP) is 1.64. The van der Waals surface area contributed by atoms with E-state index < -0.39 is 0 Å². The second kappa shape index (κ2) is 6.40. The van der Waals surface area contributed by atoms with Crippen molar-refractivity contribution in [1.82, 2.24) is 10.3 Å². The highest BCUT2D eigenvalue weighted by molar-refractivity contribution is 6.09. The summed E-state index contributed by atoms with van der Waals surface area (Å²) in [5.41, 5.74) is 3.21. The maximum Gasteiger partial charge on any atom is 0.252 e. The molecule has 1 amide bonds. The molecule has 6 nitrogen and oxygen atoms in total. The van der Waals surface area contributed by atoms with E-state index in [1.54, 1.807) is 5.01 Å². The first-order valence-electron chi connectivity index (χ1n) is 8.06. The molecule has 2 N–H and O–H groups in total. The average molecular weight is 313 g/mol. The lowest BCUT2D eigenvalue weighted by atomic mass is 9.98. The van der Waals surface area contributed by atoms with Crippen molar-refractivity contribution in [2.75, 3.05) is 19.4 Å². The minimum Gasteiger partial charge on any atom is -0.388 e. The number of amidine groups is 1. The predicted molar refractivity (Wildman–Crippen MR) is 93.0 cm³/mol. The second-order valence-electron chi connectivity index (χ2n) is 5.99. The first-order valence-corrected chi connectivity index (χ1v) is 8.06. The van der Waals surface area contributed by atoms with E-state index in [-0.39, 0.29) is 18.0 Å². The van der Waals surface area contributed by atoms with Crippen molar-refractivity contribution in [3.63, 3.8) is 0 Å². The van der Waals surface area contributed by atoms with Crippen LogP contribution in [0.4, 0.5) is 5.69 Å². The largest absolute Gasteiger partial charge is 0.388 e. The number of anilines is 1. The van der Waals surface area contributed by atoms with E-state index in [0.717, 1.165) is 35.6 Å². The van der Waals surface area contributed by atoms with Crippen LogP contribution in [0.3, 0.4) is 0 Å². The van der Waals surface area contributed by atoms with Gasteiger partial charge in [0, 0.05) is 26.2 Å². The van der Waals surface area contributed by atoms with Crippen molar-refractivity contribution in [3.05, 3.63) is 29.8 Å². The van der Waals surface area contributed by atoms with Crippen molar-refractivity contribution < 1.29 is 4.79 Å². The van der Waals surface area contributed by atoms with Gasteiger partial charge in [-0.1, -0.05) is 25.5 Å². The highest BCUT2D eigenvalue weighted by Crippen LogP contribution is 2.23. The lowest BCUT2D eigenvalue weighted by Gasteiger charge is -2.27. The van der Waals surface area contributed by atoms with Gasteiger partial charge in [0.25, 0.3) is 5.91 Å². The van der Waals surface area contributed by atoms with E-state index in [0.29, 0.717) is 6.42 Å². The molecule has 2 heterocycles. The molecule has 0 fully saturated rings. The summed E-state index contributed by atoms with van der Waals surface area (Å²) >= 11 is 0. The molecule has 0 spiro atoms. The molecule has 0 bridgehead atoms. The van der Waals surface area contributed by atoms with Gasteiger partial charge in [0.15, 0.2) is 6.04 Å². The lowest BCUT2D eigenvalue weighted by Crippen LogP contribution is -2.54. The number of aliphatic imine (C=N–C) groups is 1. The van der Waals surface area contributed by atoms with Crippen LogP contribution in [0, 0.1) is 0 Å². The van der Waals surface area contributed by atoms with Gasteiger partial charge in [0.05, 0.1) is 5.71 Å². The number of carbonyl (C=O) groups is 1. The Morgan fingerprint density at radius 1 is 1.30 bits per heavy atom. The number of likely N-dealkylation sites (N-methyl/N-ethyl adjacent to an activating group) is 1. The Morgan fingerprint density at radius 2 is 2.04 bits per heavy atom. The zero-order chi connectivity index (χ0) is 16.4. The summed E-state index contributed by atoms with van der Waals surface area (Å²) in [7, 11) is 3.74. The van der Waals surface area contributed by atoms with Crippen molar-refractivity contribution in [1.29, 1.82) is 0 Å². The van der Waals surface area contributed by atoms with Gasteiger partial charge < -0.3 is 10.6 Å². The van der Waals surface area contributed by atoms with Crippen LogP contribution in [-0.2, 0) is 11.2 Å². The average Bonchev–Trinajstić information content (AvgIpc) is 2.85. The fraction of sp³-hybridized carbons (Fsp3) is 0.471. The Bertz CT molecular complexity index is 649. The molecule has 122 valence electrons. The van der Waals surface area contributed by atoms with Gasteiger partial charge in [0.2, 0.25) is 0 Å². The molecule has 0 saturated carbocycles. The van der Waals surface area contributed by atoms with Gasteiger partial charge in [-0.3, -0.25) is 14.8 Å². The molecule has 1 aromatic carbocycles. The Kier molecular flexibility index (Phi) is 4.32. The van der Waals surface area contributed by atoms with Gasteiger partial charge in [-0.2, -0.15) is 5.10 Å². The topological polar surface area (TPSA) is 69.1 Å². The van der Waals surface area contributed by atoms with Gasteiger partial charge in [-0.15, -0.1) is 0 Å². The number of fused-ring (bicyclic) bond motifs is 1. The Labute approximate surface area is 136 Å². The number of benzene rings is 1. The molecule has 2 aliphatic heterocycles. The van der Waals surface area contributed by atoms with Crippen molar-refractivity contribution in [3.8, 4) is 0 Å². The minimum absolute atomic E-state index is 0.0100. The molecule has 2 aliphatic rings. The summed E-state index contributed by atoms with van der Waals surface area (Å²) in [6, 6.07) is 7.71. The summed E-state index contributed by atoms with van der Waals surface area (Å²) in [5, 5.41) is 12.3. The minimum atomic E-state index is -0.299. The molecule has 2 unspecified atom stereocenters. The summed E-state index contributed by atoms with van der Waals surface area (Å²) in [6.45, 7) is 2.12. The van der Waals surface area contributed by atoms with Gasteiger partial charge >= 0.3 is 0 Å². The summed E-state index contributed by atoms with van der Waals surface area (Å²) in [4.78, 5) is 17.2. The molecular weight excluding hydrogens is 290 g/mol. The molecule has 0 saturated heterocycles. The first kappa shape index (κ1) is 15.5. The number of amides is 1. The van der Waals surface area contributed by atoms with Crippen LogP contribution in [0.5, 0.6) is 0 Å². The van der Waals surface area contributed by atoms with E-state index in [2.05, 4.69) is 34.8 Å². The van der Waals surface area contributed by atoms with Gasteiger partial charge in [-0.25, -0.2) is 0 Å². The van der Waals surface area contributed by atoms with E-state index in [1.165, 1.54) is 0 Å². The van der Waals surface area contributed by atoms with E-state index in [9.17, 15) is 4.79 Å². The lowest BCUT2D eigenvalue weighted by molar-refractivity contribution is -0.124. The van der Waals surface area contributed by atoms with Crippen LogP contribution in [0.15, 0.2) is 34.4 Å². The normalized spacial score (nSPS) is 23.1. The van der Waals surface area contributed by atoms with E-state index in [4.69, 9.17) is 4.99 Å². The zero-order valence-corrected chi connectivity index (χ0v) is 13.8. The third-order valence-electron chi connectivity index (χ3n) is 4.28. The van der Waals surface area contributed by atoms with E-state index in [1.807, 2.05) is 26.2 Å². The molecule has 2 atom stereocenters. The maximum absolute atomic E-state index is 12.4. The van der Waals surface area contributed by atoms with Crippen molar-refractivity contribution in [2.24, 2.45) is 10.1 Å². The number of hydrogen-bond acceptors (Lipinski definition) is 5. The van der Waals surface area contributed by atoms with Crippen LogP contribution in [-0.4, -0.2) is 48.6 Å². The summed E-state index contributed by atoms with van der Waals surface area (Å²) in [6.07, 6.45) is 2.52. The number of carbonyl (C=O) groups excluding carboxylic acids is 1. The molecule has 23 heavy (non-hydrogen) atoms. The number of nitrogens with one attached hydrogen (secondary N) is 2. The Balaban J connectivity index is 1.80. The number of hydrazone groups is 1. The summed E-state index contributed by atoms with van der Waals surface area (Å²) < 4.78 is 0. The molecule has 3 rings (SSSR count). The maximum atomic E-state index is 12.4. The van der Waals surface area contributed by atoms with Crippen LogP contribution in [0.25, 0.3) is 0 Å². The highest BCUT2D eigenvalue weighted by Gasteiger charge is 2.43. The smallest absolute Gasteiger partial charge is 0.252 e. The van der Waals surface area contributed by atoms with Crippen LogP contribution < -0.4 is 10.6 Å². The molecule has 0 aliphatic carbocycles. The monoisotopic (exact) mass is 313 g/mol. The van der Waals surface area contributed by atoms with Crippen LogP contribution in [0.2, 0.25) is 0 Å². The Hall–Kier alpha value is -2.37. The molecule has 0 radical (unpaired) electrons. The standard InChI is InChI=1S/C17H23N5O/c1-4-5-13-15-16(22(3)21-13)17(23)20-14(19-15)10-11-6-8-12(18-2)9-7-11/h6-9,15-16,18H,4-5,10H2,1-3H3,(H,19,20,23). The van der Waals surface area contributed by atoms with Gasteiger partial charge in [-0.05, 0) is 24.1 Å². The van der Waals surface area contributed by atoms with Crippen LogP contribution in [0.1, 0.15) is 25.3 Å². The quantitative estimate of drug-likeness (QED) is 0.868. The zero-order valence-electron chi connectivity index (χ0n) is 13.8. The molecule has 0 aromatic heterocycles. The molecule has 1 aromatic rings. The van der Waals surface area contributed by atoms with Crippen molar-refractivity contribution in [2.45, 2.75) is 38.3 Å². The van der Waals surface area contributed by atoms with Gasteiger partial charge in [0.1, 0.15) is 11.9 Å². The molecule has 6 heteroatoms. The Morgan fingerprint density at radius 3 is 2.70 bits per heavy atom. The van der Waals surface area contributed by atoms with Crippen molar-refractivity contribution >= 4 is 23.1 Å². The second-order valence-corrected chi connectivity index (χ2v) is 5.99. The number of hydrogen-bond donors (Lipinski definition) is 2. The third-order valence-corrected chi connectivity index (χ3v) is 4.28. The van der Waals surface area contributed by atoms with Crippen LogP contribution >= 0.6 is 0 Å². The number of nitrogens with zero attached hydrogens (tertiary/aromatic N) is 3.